The molecule has 5 nitrogen and oxygen atoms in total. The number of rotatable bonds is 6. The van der Waals surface area contributed by atoms with E-state index in [1.807, 2.05) is 19.1 Å². The van der Waals surface area contributed by atoms with E-state index in [-0.39, 0.29) is 12.2 Å². The first-order valence-electron chi connectivity index (χ1n) is 5.90. The van der Waals surface area contributed by atoms with E-state index < -0.39 is 27.9 Å². The van der Waals surface area contributed by atoms with Gasteiger partial charge in [0.05, 0.1) is 0 Å². The highest BCUT2D eigenvalue weighted by Gasteiger charge is 2.24. The van der Waals surface area contributed by atoms with Crippen LogP contribution in [0.2, 0.25) is 0 Å². The van der Waals surface area contributed by atoms with Crippen molar-refractivity contribution in [2.45, 2.75) is 25.5 Å². The summed E-state index contributed by atoms with van der Waals surface area (Å²) in [4.78, 5) is 22.5. The summed E-state index contributed by atoms with van der Waals surface area (Å²) < 4.78 is 11.7. The molecule has 2 atom stereocenters. The van der Waals surface area contributed by atoms with Crippen LogP contribution in [0.25, 0.3) is 0 Å². The van der Waals surface area contributed by atoms with Crippen molar-refractivity contribution >= 4 is 28.4 Å². The minimum atomic E-state index is -1.71. The Morgan fingerprint density at radius 3 is 2.37 bits per heavy atom. The largest absolute Gasteiger partial charge is 0.480 e. The predicted octanol–water partition coefficient (Wildman–Crippen LogP) is 1.55. The van der Waals surface area contributed by atoms with Crippen molar-refractivity contribution < 1.29 is 18.9 Å². The van der Waals surface area contributed by atoms with Crippen molar-refractivity contribution in [2.24, 2.45) is 0 Å². The summed E-state index contributed by atoms with van der Waals surface area (Å²) in [6.07, 6.45) is 0.236. The molecule has 2 unspecified atom stereocenters. The molecule has 0 radical (unpaired) electrons. The van der Waals surface area contributed by atoms with E-state index in [1.54, 1.807) is 19.1 Å². The molecule has 0 aliphatic carbocycles. The van der Waals surface area contributed by atoms with Crippen LogP contribution < -0.4 is 5.32 Å². The standard InChI is InChI=1S/C13H17NO4S/c1-3-11(13(16)17)19(18)8-12(15)14-10-6-4-9(2)5-7-10/h4-7,11H,3,8H2,1-2H3,(H,14,15)(H,16,17). The van der Waals surface area contributed by atoms with Crippen molar-refractivity contribution in [3.8, 4) is 0 Å². The van der Waals surface area contributed by atoms with E-state index in [0.717, 1.165) is 5.56 Å². The fourth-order valence-electron chi connectivity index (χ4n) is 1.54. The number of hydrogen-bond acceptors (Lipinski definition) is 3. The zero-order valence-electron chi connectivity index (χ0n) is 10.9. The first-order chi connectivity index (χ1) is 8.93. The average Bonchev–Trinajstić information content (AvgIpc) is 2.32. The van der Waals surface area contributed by atoms with Gasteiger partial charge >= 0.3 is 5.97 Å². The van der Waals surface area contributed by atoms with Gasteiger partial charge in [0.1, 0.15) is 11.0 Å². The van der Waals surface area contributed by atoms with Gasteiger partial charge in [-0.05, 0) is 25.5 Å². The number of carbonyl (C=O) groups is 2. The van der Waals surface area contributed by atoms with Crippen LogP contribution in [0.4, 0.5) is 5.69 Å². The Kier molecular flexibility index (Phi) is 5.69. The number of anilines is 1. The van der Waals surface area contributed by atoms with Crippen LogP contribution in [0.1, 0.15) is 18.9 Å². The molecule has 0 saturated heterocycles. The lowest BCUT2D eigenvalue weighted by molar-refractivity contribution is -0.136. The van der Waals surface area contributed by atoms with Crippen molar-refractivity contribution in [3.05, 3.63) is 29.8 Å². The maximum Gasteiger partial charge on any atom is 0.319 e. The summed E-state index contributed by atoms with van der Waals surface area (Å²) >= 11 is 0. The Balaban J connectivity index is 2.58. The first-order valence-corrected chi connectivity index (χ1v) is 7.28. The Hall–Kier alpha value is -1.69. The van der Waals surface area contributed by atoms with Gasteiger partial charge in [-0.15, -0.1) is 0 Å². The number of aryl methyl sites for hydroxylation is 1. The summed E-state index contributed by atoms with van der Waals surface area (Å²) in [5.41, 5.74) is 1.68. The lowest BCUT2D eigenvalue weighted by Gasteiger charge is -2.10. The summed E-state index contributed by atoms with van der Waals surface area (Å²) in [6.45, 7) is 3.56. The number of nitrogens with one attached hydrogen (secondary N) is 1. The molecule has 0 aromatic heterocycles. The molecule has 104 valence electrons. The number of amides is 1. The van der Waals surface area contributed by atoms with E-state index in [4.69, 9.17) is 5.11 Å². The zero-order valence-corrected chi connectivity index (χ0v) is 11.7. The Labute approximate surface area is 114 Å². The fourth-order valence-corrected chi connectivity index (χ4v) is 2.67. The van der Waals surface area contributed by atoms with Gasteiger partial charge in [-0.3, -0.25) is 13.8 Å². The molecular formula is C13H17NO4S. The van der Waals surface area contributed by atoms with E-state index in [2.05, 4.69) is 5.32 Å². The maximum absolute atomic E-state index is 11.7. The van der Waals surface area contributed by atoms with Gasteiger partial charge in [0.25, 0.3) is 0 Å². The van der Waals surface area contributed by atoms with Crippen LogP contribution in [0.5, 0.6) is 0 Å². The molecule has 0 fully saturated rings. The normalized spacial score (nSPS) is 13.6. The zero-order chi connectivity index (χ0) is 14.4. The predicted molar refractivity (Wildman–Crippen MR) is 74.5 cm³/mol. The summed E-state index contributed by atoms with van der Waals surface area (Å²) in [7, 11) is -1.71. The monoisotopic (exact) mass is 283 g/mol. The average molecular weight is 283 g/mol. The third kappa shape index (κ3) is 4.82. The van der Waals surface area contributed by atoms with Crippen molar-refractivity contribution in [2.75, 3.05) is 11.1 Å². The van der Waals surface area contributed by atoms with E-state index >= 15 is 0 Å². The highest BCUT2D eigenvalue weighted by molar-refractivity contribution is 7.87. The van der Waals surface area contributed by atoms with Gasteiger partial charge in [0.15, 0.2) is 0 Å². The minimum Gasteiger partial charge on any atom is -0.480 e. The van der Waals surface area contributed by atoms with E-state index in [0.29, 0.717) is 5.69 Å². The SMILES string of the molecule is CCC(C(=O)O)S(=O)CC(=O)Nc1ccc(C)cc1. The molecule has 0 aliphatic rings. The van der Waals surface area contributed by atoms with Crippen molar-refractivity contribution in [1.29, 1.82) is 0 Å². The van der Waals surface area contributed by atoms with Crippen LogP contribution in [0.15, 0.2) is 24.3 Å². The molecule has 0 aliphatic heterocycles. The number of benzene rings is 1. The fraction of sp³-hybridized carbons (Fsp3) is 0.385. The van der Waals surface area contributed by atoms with Crippen LogP contribution in [-0.4, -0.2) is 32.2 Å². The third-order valence-corrected chi connectivity index (χ3v) is 4.29. The lowest BCUT2D eigenvalue weighted by Crippen LogP contribution is -2.31. The number of carboxylic acid groups (broad SMARTS) is 1. The van der Waals surface area contributed by atoms with Gasteiger partial charge in [0.2, 0.25) is 5.91 Å². The number of hydrogen-bond donors (Lipinski definition) is 2. The molecule has 1 aromatic carbocycles. The molecular weight excluding hydrogens is 266 g/mol. The van der Waals surface area contributed by atoms with E-state index in [1.165, 1.54) is 0 Å². The molecule has 0 saturated carbocycles. The molecule has 1 aromatic rings. The minimum absolute atomic E-state index is 0.236. The van der Waals surface area contributed by atoms with Gasteiger partial charge in [0, 0.05) is 16.5 Å². The highest BCUT2D eigenvalue weighted by Crippen LogP contribution is 2.09. The number of carboxylic acids is 1. The molecule has 1 rings (SSSR count). The second-order valence-electron chi connectivity index (χ2n) is 4.17. The van der Waals surface area contributed by atoms with Crippen LogP contribution in [0.3, 0.4) is 0 Å². The second-order valence-corrected chi connectivity index (χ2v) is 5.79. The first kappa shape index (κ1) is 15.4. The smallest absolute Gasteiger partial charge is 0.319 e. The van der Waals surface area contributed by atoms with Gasteiger partial charge in [-0.1, -0.05) is 24.6 Å². The van der Waals surface area contributed by atoms with Crippen LogP contribution in [-0.2, 0) is 20.4 Å². The molecule has 0 bridgehead atoms. The van der Waals surface area contributed by atoms with Gasteiger partial charge in [-0.25, -0.2) is 0 Å². The maximum atomic E-state index is 11.7. The quantitative estimate of drug-likeness (QED) is 0.829. The molecule has 2 N–H and O–H groups in total. The Morgan fingerprint density at radius 2 is 1.89 bits per heavy atom. The van der Waals surface area contributed by atoms with E-state index in [9.17, 15) is 13.8 Å². The van der Waals surface area contributed by atoms with Crippen molar-refractivity contribution in [3.63, 3.8) is 0 Å². The molecule has 1 amide bonds. The Bertz CT molecular complexity index is 484. The topological polar surface area (TPSA) is 83.5 Å². The summed E-state index contributed by atoms with van der Waals surface area (Å²) in [5.74, 6) is -1.88. The van der Waals surface area contributed by atoms with Crippen LogP contribution >= 0.6 is 0 Å². The Morgan fingerprint density at radius 1 is 1.32 bits per heavy atom. The second kappa shape index (κ2) is 7.04. The lowest BCUT2D eigenvalue weighted by atomic mass is 10.2. The molecule has 0 spiro atoms. The van der Waals surface area contributed by atoms with Gasteiger partial charge < -0.3 is 10.4 Å². The van der Waals surface area contributed by atoms with Gasteiger partial charge in [-0.2, -0.15) is 0 Å². The highest BCUT2D eigenvalue weighted by atomic mass is 32.2. The summed E-state index contributed by atoms with van der Waals surface area (Å²) in [5, 5.41) is 10.4. The molecule has 0 heterocycles. The molecule has 19 heavy (non-hydrogen) atoms. The number of carbonyl (C=O) groups excluding carboxylic acids is 1. The molecule has 6 heteroatoms. The van der Waals surface area contributed by atoms with Crippen molar-refractivity contribution in [1.82, 2.24) is 0 Å². The number of aliphatic carboxylic acids is 1. The van der Waals surface area contributed by atoms with Crippen LogP contribution in [0, 0.1) is 6.92 Å². The summed E-state index contributed by atoms with van der Waals surface area (Å²) in [6, 6.07) is 7.17. The third-order valence-electron chi connectivity index (χ3n) is 2.57.